The minimum Gasteiger partial charge on any atom is -0.233 e. The number of hydrogen-bond donors (Lipinski definition) is 0. The first kappa shape index (κ1) is 28.2. The van der Waals surface area contributed by atoms with Crippen LogP contribution in [0.2, 0.25) is 5.02 Å². The van der Waals surface area contributed by atoms with Crippen molar-refractivity contribution in [3.8, 4) is 17.1 Å². The van der Waals surface area contributed by atoms with Crippen molar-refractivity contribution in [1.29, 1.82) is 0 Å². The molecule has 3 aromatic heterocycles. The maximum atomic E-state index is 14.6. The zero-order chi connectivity index (χ0) is 29.0. The van der Waals surface area contributed by atoms with Gasteiger partial charge in [0.15, 0.2) is 11.6 Å². The molecule has 3 heterocycles. The first-order valence-corrected chi connectivity index (χ1v) is 15.2. The highest BCUT2D eigenvalue weighted by molar-refractivity contribution is 7.90. The molecule has 5 rings (SSSR count). The SMILES string of the molecule is C[C@@H]1CC(C)(C)[C@@](C)(c2cc(Cl)cc(-n3cnc(CCS(C)(=O)=O)n3)n2)c2nnc(-c3c(F)cccc3F)cc21. The molecular formula is C28H29ClF2N6O2S. The lowest BCUT2D eigenvalue weighted by Crippen LogP contribution is -2.47. The molecule has 1 aliphatic rings. The van der Waals surface area contributed by atoms with Crippen molar-refractivity contribution in [3.05, 3.63) is 82.2 Å². The van der Waals surface area contributed by atoms with E-state index < -0.39 is 26.9 Å². The van der Waals surface area contributed by atoms with Gasteiger partial charge in [0.25, 0.3) is 0 Å². The largest absolute Gasteiger partial charge is 0.233 e. The van der Waals surface area contributed by atoms with Crippen LogP contribution in [0.25, 0.3) is 17.1 Å². The molecule has 0 fully saturated rings. The first-order chi connectivity index (χ1) is 18.7. The molecular weight excluding hydrogens is 558 g/mol. The average molecular weight is 587 g/mol. The number of benzene rings is 1. The Kier molecular flexibility index (Phi) is 7.02. The van der Waals surface area contributed by atoms with Gasteiger partial charge in [-0.1, -0.05) is 38.4 Å². The van der Waals surface area contributed by atoms with Gasteiger partial charge in [-0.25, -0.2) is 31.8 Å². The van der Waals surface area contributed by atoms with Gasteiger partial charge in [-0.05, 0) is 54.5 Å². The van der Waals surface area contributed by atoms with Crippen LogP contribution in [0.4, 0.5) is 8.78 Å². The fourth-order valence-electron chi connectivity index (χ4n) is 5.56. The van der Waals surface area contributed by atoms with E-state index in [1.165, 1.54) is 35.5 Å². The van der Waals surface area contributed by atoms with E-state index >= 15 is 0 Å². The third-order valence-corrected chi connectivity index (χ3v) is 9.14. The van der Waals surface area contributed by atoms with Gasteiger partial charge >= 0.3 is 0 Å². The number of nitrogens with zero attached hydrogens (tertiary/aromatic N) is 6. The molecule has 0 aliphatic heterocycles. The van der Waals surface area contributed by atoms with Crippen LogP contribution in [0.15, 0.2) is 42.7 Å². The van der Waals surface area contributed by atoms with Crippen LogP contribution >= 0.6 is 11.6 Å². The Hall–Kier alpha value is -3.31. The van der Waals surface area contributed by atoms with Crippen LogP contribution in [0.1, 0.15) is 62.8 Å². The quantitative estimate of drug-likeness (QED) is 0.295. The number of rotatable bonds is 6. The Morgan fingerprint density at radius 2 is 1.80 bits per heavy atom. The molecule has 1 aromatic carbocycles. The van der Waals surface area contributed by atoms with Crippen molar-refractivity contribution in [2.24, 2.45) is 5.41 Å². The molecule has 0 amide bonds. The molecule has 0 saturated carbocycles. The van der Waals surface area contributed by atoms with Crippen molar-refractivity contribution >= 4 is 21.4 Å². The van der Waals surface area contributed by atoms with Gasteiger partial charge in [0.05, 0.1) is 33.8 Å². The zero-order valence-corrected chi connectivity index (χ0v) is 24.4. The average Bonchev–Trinajstić information content (AvgIpc) is 3.34. The summed E-state index contributed by atoms with van der Waals surface area (Å²) in [4.78, 5) is 9.15. The standard InChI is InChI=1S/C28H29ClF2N6O2S/c1-16-14-27(2,3)28(4,26-18(16)13-21(34-35-26)25-19(30)7-6-8-20(25)31)22-11-17(29)12-24(33-22)37-15-32-23(36-37)9-10-40(5,38)39/h6-8,11-13,15-16H,9-10,14H2,1-5H3/t16-,28+/m1/s1. The van der Waals surface area contributed by atoms with E-state index in [4.69, 9.17) is 16.6 Å². The van der Waals surface area contributed by atoms with Crippen molar-refractivity contribution in [2.75, 3.05) is 12.0 Å². The van der Waals surface area contributed by atoms with E-state index in [1.807, 2.05) is 6.92 Å². The highest BCUT2D eigenvalue weighted by Crippen LogP contribution is 2.56. The summed E-state index contributed by atoms with van der Waals surface area (Å²) in [6.07, 6.45) is 3.55. The molecule has 0 bridgehead atoms. The highest BCUT2D eigenvalue weighted by Gasteiger charge is 2.52. The van der Waals surface area contributed by atoms with E-state index in [-0.39, 0.29) is 34.8 Å². The van der Waals surface area contributed by atoms with E-state index in [0.29, 0.717) is 28.1 Å². The maximum absolute atomic E-state index is 14.6. The molecule has 0 unspecified atom stereocenters. The maximum Gasteiger partial charge on any atom is 0.156 e. The minimum absolute atomic E-state index is 0.0357. The summed E-state index contributed by atoms with van der Waals surface area (Å²) in [5, 5.41) is 13.7. The number of aromatic nitrogens is 6. The molecule has 0 N–H and O–H groups in total. The van der Waals surface area contributed by atoms with Gasteiger partial charge in [0.1, 0.15) is 27.8 Å². The molecule has 12 heteroatoms. The predicted molar refractivity (Wildman–Crippen MR) is 148 cm³/mol. The molecule has 0 radical (unpaired) electrons. The number of hydrogen-bond acceptors (Lipinski definition) is 7. The van der Waals surface area contributed by atoms with E-state index in [2.05, 4.69) is 41.1 Å². The smallest absolute Gasteiger partial charge is 0.156 e. The highest BCUT2D eigenvalue weighted by atomic mass is 35.5. The lowest BCUT2D eigenvalue weighted by molar-refractivity contribution is 0.158. The lowest BCUT2D eigenvalue weighted by atomic mass is 9.54. The molecule has 8 nitrogen and oxygen atoms in total. The van der Waals surface area contributed by atoms with Gasteiger partial charge in [-0.15, -0.1) is 10.2 Å². The Balaban J connectivity index is 1.62. The number of sulfone groups is 1. The summed E-state index contributed by atoms with van der Waals surface area (Å²) in [5.74, 6) is -0.652. The summed E-state index contributed by atoms with van der Waals surface area (Å²) in [7, 11) is -3.17. The second kappa shape index (κ2) is 9.95. The number of pyridine rings is 1. The fourth-order valence-corrected chi connectivity index (χ4v) is 6.31. The summed E-state index contributed by atoms with van der Waals surface area (Å²) < 4.78 is 53.8. The third kappa shape index (κ3) is 5.01. The fraction of sp³-hybridized carbons (Fsp3) is 0.393. The van der Waals surface area contributed by atoms with Crippen LogP contribution in [0.3, 0.4) is 0 Å². The van der Waals surface area contributed by atoms with Crippen LogP contribution in [0.5, 0.6) is 0 Å². The Morgan fingerprint density at radius 1 is 1.10 bits per heavy atom. The third-order valence-electron chi connectivity index (χ3n) is 7.98. The minimum atomic E-state index is -3.17. The Labute approximate surface area is 236 Å². The van der Waals surface area contributed by atoms with Gasteiger partial charge in [0.2, 0.25) is 0 Å². The predicted octanol–water partition coefficient (Wildman–Crippen LogP) is 5.48. The lowest BCUT2D eigenvalue weighted by Gasteiger charge is -2.49. The second-order valence-corrected chi connectivity index (χ2v) is 14.0. The van der Waals surface area contributed by atoms with Crippen molar-refractivity contribution in [1.82, 2.24) is 29.9 Å². The van der Waals surface area contributed by atoms with E-state index in [9.17, 15) is 17.2 Å². The monoisotopic (exact) mass is 586 g/mol. The molecule has 1 aliphatic carbocycles. The Bertz CT molecular complexity index is 1710. The van der Waals surface area contributed by atoms with E-state index in [0.717, 1.165) is 12.0 Å². The van der Waals surface area contributed by atoms with Gasteiger partial charge < -0.3 is 0 Å². The normalized spacial score (nSPS) is 20.4. The second-order valence-electron chi connectivity index (χ2n) is 11.3. The summed E-state index contributed by atoms with van der Waals surface area (Å²) in [6, 6.07) is 8.86. The molecule has 2 atom stereocenters. The summed E-state index contributed by atoms with van der Waals surface area (Å²) in [5.41, 5.74) is 0.890. The number of fused-ring (bicyclic) bond motifs is 1. The molecule has 40 heavy (non-hydrogen) atoms. The first-order valence-electron chi connectivity index (χ1n) is 12.8. The van der Waals surface area contributed by atoms with Gasteiger partial charge in [-0.2, -0.15) is 5.10 Å². The van der Waals surface area contributed by atoms with Crippen molar-refractivity contribution < 1.29 is 17.2 Å². The van der Waals surface area contributed by atoms with Crippen LogP contribution in [0, 0.1) is 17.0 Å². The molecule has 210 valence electrons. The van der Waals surface area contributed by atoms with Crippen LogP contribution < -0.4 is 0 Å². The van der Waals surface area contributed by atoms with Crippen molar-refractivity contribution in [3.63, 3.8) is 0 Å². The molecule has 0 spiro atoms. The van der Waals surface area contributed by atoms with E-state index in [1.54, 1.807) is 18.2 Å². The van der Waals surface area contributed by atoms with Gasteiger partial charge in [0, 0.05) is 23.8 Å². The molecule has 4 aromatic rings. The number of aryl methyl sites for hydroxylation is 1. The van der Waals surface area contributed by atoms with Gasteiger partial charge in [-0.3, -0.25) is 0 Å². The molecule has 0 saturated heterocycles. The summed E-state index contributed by atoms with van der Waals surface area (Å²) >= 11 is 6.60. The zero-order valence-electron chi connectivity index (χ0n) is 22.8. The van der Waals surface area contributed by atoms with Crippen LogP contribution in [-0.4, -0.2) is 50.4 Å². The topological polar surface area (TPSA) is 104 Å². The number of halogens is 3. The Morgan fingerprint density at radius 3 is 2.48 bits per heavy atom. The summed E-state index contributed by atoms with van der Waals surface area (Å²) in [6.45, 7) is 8.34. The van der Waals surface area contributed by atoms with Crippen molar-refractivity contribution in [2.45, 2.75) is 51.9 Å². The van der Waals surface area contributed by atoms with Crippen LogP contribution in [-0.2, 0) is 21.7 Å².